The van der Waals surface area contributed by atoms with Crippen LogP contribution in [0.5, 0.6) is 0 Å². The van der Waals surface area contributed by atoms with Crippen LogP contribution in [-0.4, -0.2) is 20.4 Å². The molecule has 2 aromatic carbocycles. The average molecular weight is 369 g/mol. The number of aryl methyl sites for hydroxylation is 1. The van der Waals surface area contributed by atoms with Crippen molar-refractivity contribution in [1.29, 1.82) is 0 Å². The molecule has 4 aromatic rings. The summed E-state index contributed by atoms with van der Waals surface area (Å²) in [7, 11) is 0. The first-order chi connectivity index (χ1) is 13.7. The van der Waals surface area contributed by atoms with Crippen molar-refractivity contribution < 1.29 is 9.90 Å². The average Bonchev–Trinajstić information content (AvgIpc) is 3.16. The number of carbonyl (C=O) groups excluding carboxylic acids is 1. The lowest BCUT2D eigenvalue weighted by Crippen LogP contribution is -2.19. The first-order valence-corrected chi connectivity index (χ1v) is 9.32. The summed E-state index contributed by atoms with van der Waals surface area (Å²) in [5.41, 5.74) is 7.63. The molecule has 2 N–H and O–H groups in total. The number of fused-ring (bicyclic) bond motifs is 2. The highest BCUT2D eigenvalue weighted by Gasteiger charge is 2.19. The third-order valence-electron chi connectivity index (χ3n) is 5.21. The van der Waals surface area contributed by atoms with Gasteiger partial charge < -0.3 is 14.8 Å². The van der Waals surface area contributed by atoms with Gasteiger partial charge in [-0.15, -0.1) is 0 Å². The zero-order valence-electron chi connectivity index (χ0n) is 15.2. The predicted molar refractivity (Wildman–Crippen MR) is 109 cm³/mol. The van der Waals surface area contributed by atoms with Crippen LogP contribution in [0, 0.1) is 0 Å². The Morgan fingerprint density at radius 2 is 1.89 bits per heavy atom. The topological polar surface area (TPSA) is 66.6 Å². The molecule has 1 aliphatic rings. The lowest BCUT2D eigenvalue weighted by atomic mass is 9.98. The number of aliphatic hydroxyl groups excluding tert-OH is 1. The molecule has 5 heteroatoms. The summed E-state index contributed by atoms with van der Waals surface area (Å²) in [6.45, 7) is 0.0240. The monoisotopic (exact) mass is 369 g/mol. The number of imidazole rings is 1. The van der Waals surface area contributed by atoms with Crippen molar-refractivity contribution in [3.63, 3.8) is 0 Å². The number of nitrogens with one attached hydrogen (secondary N) is 1. The van der Waals surface area contributed by atoms with Crippen LogP contribution >= 0.6 is 0 Å². The maximum Gasteiger partial charge on any atom is 0.224 e. The molecule has 5 rings (SSSR count). The third-order valence-corrected chi connectivity index (χ3v) is 5.21. The summed E-state index contributed by atoms with van der Waals surface area (Å²) in [6.07, 6.45) is 5.31. The number of anilines is 1. The largest absolute Gasteiger partial charge is 0.392 e. The van der Waals surface area contributed by atoms with Crippen LogP contribution in [0.25, 0.3) is 28.0 Å². The van der Waals surface area contributed by atoms with Crippen molar-refractivity contribution >= 4 is 17.2 Å². The quantitative estimate of drug-likeness (QED) is 0.573. The number of rotatable bonds is 3. The molecule has 5 nitrogen and oxygen atoms in total. The fourth-order valence-corrected chi connectivity index (χ4v) is 3.76. The Kier molecular flexibility index (Phi) is 3.95. The highest BCUT2D eigenvalue weighted by Crippen LogP contribution is 2.34. The van der Waals surface area contributed by atoms with E-state index in [0.717, 1.165) is 51.3 Å². The van der Waals surface area contributed by atoms with E-state index in [1.165, 1.54) is 0 Å². The molecular formula is C23H19N3O2. The maximum atomic E-state index is 11.9. The summed E-state index contributed by atoms with van der Waals surface area (Å²) in [5, 5.41) is 12.4. The zero-order chi connectivity index (χ0) is 19.1. The number of carbonyl (C=O) groups is 1. The Labute approximate surface area is 162 Å². The van der Waals surface area contributed by atoms with Crippen molar-refractivity contribution in [3.05, 3.63) is 78.1 Å². The van der Waals surface area contributed by atoms with Gasteiger partial charge in [-0.05, 0) is 46.9 Å². The van der Waals surface area contributed by atoms with Crippen LogP contribution in [0.2, 0.25) is 0 Å². The second-order valence-electron chi connectivity index (χ2n) is 7.06. The Bertz CT molecular complexity index is 1210. The van der Waals surface area contributed by atoms with Crippen molar-refractivity contribution in [2.75, 3.05) is 5.32 Å². The molecule has 1 amide bonds. The van der Waals surface area contributed by atoms with Crippen molar-refractivity contribution in [3.8, 4) is 22.4 Å². The van der Waals surface area contributed by atoms with Crippen molar-refractivity contribution in [2.45, 2.75) is 19.4 Å². The first kappa shape index (κ1) is 16.7. The van der Waals surface area contributed by atoms with E-state index in [-0.39, 0.29) is 12.5 Å². The van der Waals surface area contributed by atoms with Crippen molar-refractivity contribution in [2.24, 2.45) is 0 Å². The first-order valence-electron chi connectivity index (χ1n) is 9.32. The molecule has 0 radical (unpaired) electrons. The van der Waals surface area contributed by atoms with Gasteiger partial charge in [0.05, 0.1) is 18.0 Å². The zero-order valence-corrected chi connectivity index (χ0v) is 15.2. The Hall–Kier alpha value is -3.44. The summed E-state index contributed by atoms with van der Waals surface area (Å²) in [6, 6.07) is 18.0. The van der Waals surface area contributed by atoms with Crippen molar-refractivity contribution in [1.82, 2.24) is 9.38 Å². The molecule has 28 heavy (non-hydrogen) atoms. The molecule has 0 aliphatic carbocycles. The Morgan fingerprint density at radius 3 is 2.79 bits per heavy atom. The van der Waals surface area contributed by atoms with Gasteiger partial charge in [0.1, 0.15) is 5.65 Å². The number of hydrogen-bond acceptors (Lipinski definition) is 3. The molecule has 1 aliphatic heterocycles. The lowest BCUT2D eigenvalue weighted by molar-refractivity contribution is -0.116. The number of nitrogens with zero attached hydrogens (tertiary/aromatic N) is 2. The number of pyridine rings is 1. The molecule has 0 saturated carbocycles. The van der Waals surface area contributed by atoms with Crippen LogP contribution in [0.4, 0.5) is 5.69 Å². The second-order valence-corrected chi connectivity index (χ2v) is 7.06. The maximum absolute atomic E-state index is 11.9. The van der Waals surface area contributed by atoms with E-state index >= 15 is 0 Å². The smallest absolute Gasteiger partial charge is 0.224 e. The SMILES string of the molecule is O=C1CCc2cccc(-c3cn4cc(-c5cccc(CO)c5)ccc4n3)c2N1. The van der Waals surface area contributed by atoms with Crippen LogP contribution < -0.4 is 5.32 Å². The van der Waals surface area contributed by atoms with E-state index in [9.17, 15) is 9.90 Å². The fraction of sp³-hybridized carbons (Fsp3) is 0.130. The normalized spacial score (nSPS) is 13.4. The van der Waals surface area contributed by atoms with Gasteiger partial charge in [0.15, 0.2) is 0 Å². The van der Waals surface area contributed by atoms with Gasteiger partial charge in [0, 0.05) is 24.4 Å². The number of amides is 1. The standard InChI is InChI=1S/C23H19N3O2/c27-14-15-3-1-5-17(11-15)18-7-9-21-24-20(13-26(21)12-18)19-6-2-4-16-8-10-22(28)25-23(16)19/h1-7,9,11-13,27H,8,10,14H2,(H,25,28). The molecule has 138 valence electrons. The fourth-order valence-electron chi connectivity index (χ4n) is 3.76. The van der Waals surface area contributed by atoms with Crippen LogP contribution in [0.1, 0.15) is 17.5 Å². The van der Waals surface area contributed by atoms with Gasteiger partial charge in [-0.2, -0.15) is 0 Å². The Balaban J connectivity index is 1.59. The molecular weight excluding hydrogens is 350 g/mol. The number of hydrogen-bond donors (Lipinski definition) is 2. The Morgan fingerprint density at radius 1 is 1.00 bits per heavy atom. The van der Waals surface area contributed by atoms with E-state index in [2.05, 4.69) is 11.4 Å². The summed E-state index contributed by atoms with van der Waals surface area (Å²) in [5.74, 6) is 0.0507. The molecule has 0 unspecified atom stereocenters. The van der Waals surface area contributed by atoms with E-state index in [0.29, 0.717) is 6.42 Å². The van der Waals surface area contributed by atoms with E-state index in [1.54, 1.807) is 0 Å². The van der Waals surface area contributed by atoms with Gasteiger partial charge >= 0.3 is 0 Å². The van der Waals surface area contributed by atoms with Gasteiger partial charge in [0.2, 0.25) is 5.91 Å². The summed E-state index contributed by atoms with van der Waals surface area (Å²) >= 11 is 0. The number of benzene rings is 2. The highest BCUT2D eigenvalue weighted by atomic mass is 16.3. The minimum Gasteiger partial charge on any atom is -0.392 e. The molecule has 3 heterocycles. The van der Waals surface area contributed by atoms with Crippen LogP contribution in [-0.2, 0) is 17.8 Å². The second kappa shape index (κ2) is 6.62. The third kappa shape index (κ3) is 2.86. The minimum atomic E-state index is 0.0240. The summed E-state index contributed by atoms with van der Waals surface area (Å²) in [4.78, 5) is 16.6. The highest BCUT2D eigenvalue weighted by molar-refractivity contribution is 5.98. The van der Waals surface area contributed by atoms with Crippen LogP contribution in [0.3, 0.4) is 0 Å². The van der Waals surface area contributed by atoms with E-state index < -0.39 is 0 Å². The molecule has 0 spiro atoms. The number of aromatic nitrogens is 2. The molecule has 2 aromatic heterocycles. The minimum absolute atomic E-state index is 0.0240. The molecule has 0 saturated heterocycles. The predicted octanol–water partition coefficient (Wildman–Crippen LogP) is 4.05. The number of para-hydroxylation sites is 1. The number of aliphatic hydroxyl groups is 1. The van der Waals surface area contributed by atoms with Gasteiger partial charge in [0.25, 0.3) is 0 Å². The van der Waals surface area contributed by atoms with Gasteiger partial charge in [-0.25, -0.2) is 4.98 Å². The van der Waals surface area contributed by atoms with Gasteiger partial charge in [-0.1, -0.05) is 36.4 Å². The van der Waals surface area contributed by atoms with Gasteiger partial charge in [-0.3, -0.25) is 4.79 Å². The molecule has 0 bridgehead atoms. The summed E-state index contributed by atoms with van der Waals surface area (Å²) < 4.78 is 2.00. The lowest BCUT2D eigenvalue weighted by Gasteiger charge is -2.19. The molecule has 0 atom stereocenters. The van der Waals surface area contributed by atoms with Crippen LogP contribution in [0.15, 0.2) is 67.0 Å². The van der Waals surface area contributed by atoms with E-state index in [4.69, 9.17) is 4.98 Å². The molecule has 0 fully saturated rings. The van der Waals surface area contributed by atoms with E-state index in [1.807, 2.05) is 65.3 Å².